The van der Waals surface area contributed by atoms with Crippen molar-refractivity contribution in [1.29, 1.82) is 0 Å². The number of benzene rings is 1. The minimum Gasteiger partial charge on any atom is -0.303 e. The topological polar surface area (TPSA) is 30.0 Å². The Labute approximate surface area is 159 Å². The van der Waals surface area contributed by atoms with Gasteiger partial charge in [0.1, 0.15) is 6.29 Å². The van der Waals surface area contributed by atoms with Gasteiger partial charge in [-0.1, -0.05) is 82.2 Å². The monoisotopic (exact) mass is 351 g/mol. The molecule has 0 radical (unpaired) electrons. The molecular weight excluding hydrogens is 318 g/mol. The first-order valence-electron chi connectivity index (χ1n) is 10.3. The van der Waals surface area contributed by atoms with Gasteiger partial charge in [0, 0.05) is 18.2 Å². The number of hydrogen-bond donors (Lipinski definition) is 0. The highest BCUT2D eigenvalue weighted by Gasteiger charge is 2.01. The molecular formula is C24H33NO. The van der Waals surface area contributed by atoms with Gasteiger partial charge in [-0.2, -0.15) is 0 Å². The van der Waals surface area contributed by atoms with Crippen LogP contribution in [0.15, 0.2) is 42.6 Å². The third kappa shape index (κ3) is 7.51. The molecule has 140 valence electrons. The van der Waals surface area contributed by atoms with Crippen molar-refractivity contribution in [2.75, 3.05) is 0 Å². The molecule has 2 nitrogen and oxygen atoms in total. The van der Waals surface area contributed by atoms with Crippen molar-refractivity contribution < 1.29 is 4.79 Å². The number of aryl methyl sites for hydroxylation is 2. The Hall–Kier alpha value is -1.96. The van der Waals surface area contributed by atoms with Crippen molar-refractivity contribution >= 4 is 6.29 Å². The zero-order valence-corrected chi connectivity index (χ0v) is 16.3. The zero-order chi connectivity index (χ0) is 18.5. The number of rotatable bonds is 13. The first-order chi connectivity index (χ1) is 12.8. The number of pyridine rings is 1. The van der Waals surface area contributed by atoms with E-state index in [-0.39, 0.29) is 0 Å². The molecule has 0 bridgehead atoms. The van der Waals surface area contributed by atoms with Crippen LogP contribution in [-0.4, -0.2) is 11.3 Å². The maximum absolute atomic E-state index is 10.4. The van der Waals surface area contributed by atoms with Crippen molar-refractivity contribution in [3.63, 3.8) is 0 Å². The lowest BCUT2D eigenvalue weighted by molar-refractivity contribution is -0.107. The average molecular weight is 352 g/mol. The van der Waals surface area contributed by atoms with E-state index in [1.807, 2.05) is 12.3 Å². The van der Waals surface area contributed by atoms with E-state index < -0.39 is 0 Å². The number of unbranched alkanes of at least 4 members (excludes halogenated alkanes) is 7. The number of aldehydes is 1. The zero-order valence-electron chi connectivity index (χ0n) is 16.3. The molecule has 26 heavy (non-hydrogen) atoms. The molecule has 2 heteroatoms. The van der Waals surface area contributed by atoms with Gasteiger partial charge in [0.2, 0.25) is 0 Å². The largest absolute Gasteiger partial charge is 0.303 e. The summed E-state index contributed by atoms with van der Waals surface area (Å²) in [5, 5.41) is 0. The van der Waals surface area contributed by atoms with Crippen molar-refractivity contribution in [2.45, 2.75) is 77.6 Å². The summed E-state index contributed by atoms with van der Waals surface area (Å²) in [5.74, 6) is 0. The Bertz CT molecular complexity index is 616. The predicted molar refractivity (Wildman–Crippen MR) is 110 cm³/mol. The van der Waals surface area contributed by atoms with Gasteiger partial charge in [-0.15, -0.1) is 0 Å². The van der Waals surface area contributed by atoms with E-state index in [0.29, 0.717) is 6.42 Å². The lowest BCUT2D eigenvalue weighted by atomic mass is 10.0. The molecule has 1 aromatic carbocycles. The molecule has 0 aliphatic heterocycles. The summed E-state index contributed by atoms with van der Waals surface area (Å²) in [6.45, 7) is 2.27. The molecule has 0 saturated heterocycles. The molecule has 0 fully saturated rings. The van der Waals surface area contributed by atoms with Gasteiger partial charge in [0.15, 0.2) is 0 Å². The van der Waals surface area contributed by atoms with Gasteiger partial charge >= 0.3 is 0 Å². The quantitative estimate of drug-likeness (QED) is 0.302. The van der Waals surface area contributed by atoms with Gasteiger partial charge in [-0.25, -0.2) is 0 Å². The van der Waals surface area contributed by atoms with Crippen LogP contribution in [0.4, 0.5) is 0 Å². The minimum atomic E-state index is 0.564. The van der Waals surface area contributed by atoms with Crippen molar-refractivity contribution in [2.24, 2.45) is 0 Å². The Morgan fingerprint density at radius 3 is 2.04 bits per heavy atom. The molecule has 1 aromatic heterocycles. The molecule has 2 aromatic rings. The van der Waals surface area contributed by atoms with E-state index in [9.17, 15) is 4.79 Å². The maximum atomic E-state index is 10.4. The summed E-state index contributed by atoms with van der Waals surface area (Å²) < 4.78 is 0. The van der Waals surface area contributed by atoms with Crippen molar-refractivity contribution in [3.8, 4) is 11.3 Å². The van der Waals surface area contributed by atoms with E-state index in [2.05, 4.69) is 42.2 Å². The second kappa shape index (κ2) is 12.4. The summed E-state index contributed by atoms with van der Waals surface area (Å²) >= 11 is 0. The van der Waals surface area contributed by atoms with Crippen LogP contribution in [0, 0.1) is 0 Å². The summed E-state index contributed by atoms with van der Waals surface area (Å²) in [5.41, 5.74) is 4.69. The van der Waals surface area contributed by atoms with Gasteiger partial charge in [-0.3, -0.25) is 4.98 Å². The Morgan fingerprint density at radius 1 is 0.769 bits per heavy atom. The molecule has 0 atom stereocenters. The minimum absolute atomic E-state index is 0.564. The smallest absolute Gasteiger partial charge is 0.120 e. The fraction of sp³-hybridized carbons (Fsp3) is 0.500. The van der Waals surface area contributed by atoms with Crippen molar-refractivity contribution in [1.82, 2.24) is 4.98 Å². The van der Waals surface area contributed by atoms with Crippen LogP contribution in [-0.2, 0) is 17.6 Å². The molecule has 0 amide bonds. The molecule has 0 spiro atoms. The molecule has 0 aliphatic carbocycles. The fourth-order valence-corrected chi connectivity index (χ4v) is 3.27. The SMILES string of the molecule is CCCCCCCCCCc1ccc(-c2ccc(CCC=O)cn2)cc1. The Morgan fingerprint density at radius 2 is 1.42 bits per heavy atom. The average Bonchev–Trinajstić information content (AvgIpc) is 2.69. The van der Waals surface area contributed by atoms with Crippen LogP contribution >= 0.6 is 0 Å². The fourth-order valence-electron chi connectivity index (χ4n) is 3.27. The van der Waals surface area contributed by atoms with Gasteiger partial charge < -0.3 is 4.79 Å². The maximum Gasteiger partial charge on any atom is 0.120 e. The lowest BCUT2D eigenvalue weighted by Gasteiger charge is -2.06. The third-order valence-corrected chi connectivity index (χ3v) is 4.94. The first kappa shape index (κ1) is 20.4. The molecule has 0 aliphatic rings. The summed E-state index contributed by atoms with van der Waals surface area (Å²) in [6.07, 6.45) is 16.3. The van der Waals surface area contributed by atoms with E-state index in [1.165, 1.54) is 63.4 Å². The van der Waals surface area contributed by atoms with Gasteiger partial charge in [0.25, 0.3) is 0 Å². The van der Waals surface area contributed by atoms with E-state index in [1.54, 1.807) is 0 Å². The number of nitrogens with zero attached hydrogens (tertiary/aromatic N) is 1. The molecule has 1 heterocycles. The van der Waals surface area contributed by atoms with Crippen LogP contribution in [0.5, 0.6) is 0 Å². The Balaban J connectivity index is 1.71. The number of aromatic nitrogens is 1. The standard InChI is InChI=1S/C24H33NO/c1-2-3-4-5-6-7-8-9-11-21-13-16-23(17-14-21)24-18-15-22(20-25-24)12-10-19-26/h13-20H,2-12H2,1H3. The second-order valence-electron chi connectivity index (χ2n) is 7.18. The van der Waals surface area contributed by atoms with E-state index >= 15 is 0 Å². The van der Waals surface area contributed by atoms with E-state index in [0.717, 1.165) is 29.5 Å². The molecule has 2 rings (SSSR count). The predicted octanol–water partition coefficient (Wildman–Crippen LogP) is 6.56. The van der Waals surface area contributed by atoms with E-state index in [4.69, 9.17) is 0 Å². The Kier molecular flexibility index (Phi) is 9.71. The number of carbonyl (C=O) groups is 1. The summed E-state index contributed by atoms with van der Waals surface area (Å²) in [4.78, 5) is 15.0. The molecule has 0 N–H and O–H groups in total. The number of hydrogen-bond acceptors (Lipinski definition) is 2. The highest BCUT2D eigenvalue weighted by Crippen LogP contribution is 2.19. The van der Waals surface area contributed by atoms with Crippen LogP contribution < -0.4 is 0 Å². The highest BCUT2D eigenvalue weighted by molar-refractivity contribution is 5.59. The van der Waals surface area contributed by atoms with Gasteiger partial charge in [0.05, 0.1) is 5.69 Å². The normalized spacial score (nSPS) is 10.8. The van der Waals surface area contributed by atoms with Crippen molar-refractivity contribution in [3.05, 3.63) is 53.7 Å². The number of carbonyl (C=O) groups excluding carboxylic acids is 1. The highest BCUT2D eigenvalue weighted by atomic mass is 16.1. The summed E-state index contributed by atoms with van der Waals surface area (Å²) in [7, 11) is 0. The van der Waals surface area contributed by atoms with Gasteiger partial charge in [-0.05, 0) is 36.5 Å². The molecule has 0 saturated carbocycles. The van der Waals surface area contributed by atoms with Crippen LogP contribution in [0.2, 0.25) is 0 Å². The molecule has 0 unspecified atom stereocenters. The van der Waals surface area contributed by atoms with Crippen LogP contribution in [0.1, 0.15) is 75.8 Å². The lowest BCUT2D eigenvalue weighted by Crippen LogP contribution is -1.91. The second-order valence-corrected chi connectivity index (χ2v) is 7.18. The van der Waals surface area contributed by atoms with Crippen LogP contribution in [0.3, 0.4) is 0 Å². The van der Waals surface area contributed by atoms with Crippen LogP contribution in [0.25, 0.3) is 11.3 Å². The summed E-state index contributed by atoms with van der Waals surface area (Å²) in [6, 6.07) is 12.9. The third-order valence-electron chi connectivity index (χ3n) is 4.94. The first-order valence-corrected chi connectivity index (χ1v) is 10.3.